The monoisotopic (exact) mass is 400 g/mol. The second-order valence-electron chi connectivity index (χ2n) is 6.98. The Bertz CT molecular complexity index is 1010. The molecule has 3 heterocycles. The van der Waals surface area contributed by atoms with Crippen LogP contribution < -0.4 is 5.56 Å². The smallest absolute Gasteiger partial charge is 0.270 e. The van der Waals surface area contributed by atoms with Crippen LogP contribution in [0.25, 0.3) is 0 Å². The van der Waals surface area contributed by atoms with Crippen molar-refractivity contribution in [2.24, 2.45) is 0 Å². The molecular formula is C20H21ClN4O3. The summed E-state index contributed by atoms with van der Waals surface area (Å²) in [6.07, 6.45) is 4.11. The molecule has 2 aromatic heterocycles. The van der Waals surface area contributed by atoms with Crippen LogP contribution in [0.4, 0.5) is 0 Å². The Morgan fingerprint density at radius 3 is 2.82 bits per heavy atom. The fraction of sp³-hybridized carbons (Fsp3) is 0.400. The normalized spacial score (nSPS) is 16.6. The number of aromatic nitrogens is 4. The summed E-state index contributed by atoms with van der Waals surface area (Å²) >= 11 is 5.90. The lowest BCUT2D eigenvalue weighted by atomic mass is 9.97. The molecule has 1 aliphatic rings. The summed E-state index contributed by atoms with van der Waals surface area (Å²) in [6.45, 7) is 3.37. The third-order valence-electron chi connectivity index (χ3n) is 5.04. The molecule has 3 aromatic rings. The number of hydrogen-bond acceptors (Lipinski definition) is 6. The summed E-state index contributed by atoms with van der Waals surface area (Å²) in [6, 6.07) is 7.68. The van der Waals surface area contributed by atoms with Crippen LogP contribution in [-0.2, 0) is 24.1 Å². The molecule has 0 radical (unpaired) electrons. The minimum atomic E-state index is -0.134. The molecule has 1 aromatic carbocycles. The van der Waals surface area contributed by atoms with E-state index in [-0.39, 0.29) is 18.0 Å². The largest absolute Gasteiger partial charge is 0.381 e. The average Bonchev–Trinajstić information content (AvgIpc) is 3.37. The Kier molecular flexibility index (Phi) is 5.54. The second kappa shape index (κ2) is 8.24. The molecule has 7 nitrogen and oxygen atoms in total. The van der Waals surface area contributed by atoms with Crippen LogP contribution in [0.1, 0.15) is 40.7 Å². The molecule has 0 N–H and O–H groups in total. The maximum Gasteiger partial charge on any atom is 0.270 e. The maximum absolute atomic E-state index is 12.7. The van der Waals surface area contributed by atoms with Gasteiger partial charge in [0.2, 0.25) is 5.89 Å². The summed E-state index contributed by atoms with van der Waals surface area (Å²) in [7, 11) is 0. The van der Waals surface area contributed by atoms with Crippen LogP contribution in [0.15, 0.2) is 39.8 Å². The highest BCUT2D eigenvalue weighted by atomic mass is 35.5. The molecule has 146 valence electrons. The van der Waals surface area contributed by atoms with E-state index < -0.39 is 0 Å². The number of rotatable bonds is 6. The molecule has 0 amide bonds. The van der Waals surface area contributed by atoms with E-state index >= 15 is 0 Å². The molecule has 1 atom stereocenters. The van der Waals surface area contributed by atoms with Crippen molar-refractivity contribution < 1.29 is 9.26 Å². The number of benzene rings is 1. The highest BCUT2D eigenvalue weighted by molar-refractivity contribution is 6.30. The zero-order valence-corrected chi connectivity index (χ0v) is 16.4. The number of halogens is 1. The highest BCUT2D eigenvalue weighted by Gasteiger charge is 2.22. The van der Waals surface area contributed by atoms with Gasteiger partial charge in [0.25, 0.3) is 5.56 Å². The van der Waals surface area contributed by atoms with Crippen LogP contribution in [-0.4, -0.2) is 33.1 Å². The third kappa shape index (κ3) is 4.15. The van der Waals surface area contributed by atoms with Crippen LogP contribution >= 0.6 is 11.6 Å². The summed E-state index contributed by atoms with van der Waals surface area (Å²) < 4.78 is 12.1. The van der Waals surface area contributed by atoms with Crippen molar-refractivity contribution in [1.82, 2.24) is 19.9 Å². The predicted molar refractivity (Wildman–Crippen MR) is 104 cm³/mol. The topological polar surface area (TPSA) is 83.0 Å². The zero-order chi connectivity index (χ0) is 19.5. The summed E-state index contributed by atoms with van der Waals surface area (Å²) in [5, 5.41) is 9.02. The molecule has 0 unspecified atom stereocenters. The van der Waals surface area contributed by atoms with Crippen molar-refractivity contribution in [3.63, 3.8) is 0 Å². The molecule has 28 heavy (non-hydrogen) atoms. The first-order valence-electron chi connectivity index (χ1n) is 9.30. The maximum atomic E-state index is 12.7. The van der Waals surface area contributed by atoms with E-state index in [2.05, 4.69) is 15.2 Å². The molecule has 0 spiro atoms. The van der Waals surface area contributed by atoms with Gasteiger partial charge in [-0.15, -0.1) is 0 Å². The number of aryl methyl sites for hydroxylation is 2. The van der Waals surface area contributed by atoms with Crippen molar-refractivity contribution in [3.8, 4) is 0 Å². The van der Waals surface area contributed by atoms with Crippen LogP contribution in [0, 0.1) is 6.92 Å². The highest BCUT2D eigenvalue weighted by Crippen LogP contribution is 2.25. The van der Waals surface area contributed by atoms with Gasteiger partial charge in [-0.2, -0.15) is 10.1 Å². The third-order valence-corrected chi connectivity index (χ3v) is 5.29. The number of ether oxygens (including phenoxy) is 1. The molecule has 0 aliphatic carbocycles. The minimum absolute atomic E-state index is 0.134. The van der Waals surface area contributed by atoms with Crippen molar-refractivity contribution in [1.29, 1.82) is 0 Å². The number of nitrogens with zero attached hydrogens (tertiary/aromatic N) is 4. The van der Waals surface area contributed by atoms with Gasteiger partial charge in [-0.1, -0.05) is 28.9 Å². The first-order valence-corrected chi connectivity index (χ1v) is 9.68. The standard InChI is InChI=1S/C20H21ClN4O3/c1-13-17(15-8-9-27-12-15)10-22-25(20(13)26)11-19-23-18(24-28-19)7-4-14-2-5-16(21)6-3-14/h2-3,5-6,10,15H,4,7-9,11-12H2,1H3/t15-/m1/s1. The van der Waals surface area contributed by atoms with E-state index in [0.29, 0.717) is 35.3 Å². The van der Waals surface area contributed by atoms with Gasteiger partial charge < -0.3 is 9.26 Å². The van der Waals surface area contributed by atoms with Gasteiger partial charge in [-0.25, -0.2) is 4.68 Å². The minimum Gasteiger partial charge on any atom is -0.381 e. The van der Waals surface area contributed by atoms with Crippen molar-refractivity contribution in [3.05, 3.63) is 74.2 Å². The van der Waals surface area contributed by atoms with E-state index in [1.165, 1.54) is 4.68 Å². The average molecular weight is 401 g/mol. The molecular weight excluding hydrogens is 380 g/mol. The lowest BCUT2D eigenvalue weighted by Gasteiger charge is -2.12. The van der Waals surface area contributed by atoms with E-state index in [4.69, 9.17) is 20.9 Å². The fourth-order valence-corrected chi connectivity index (χ4v) is 3.52. The van der Waals surface area contributed by atoms with Crippen molar-refractivity contribution in [2.75, 3.05) is 13.2 Å². The van der Waals surface area contributed by atoms with E-state index in [1.54, 1.807) is 6.20 Å². The SMILES string of the molecule is Cc1c([C@@H]2CCOC2)cnn(Cc2nc(CCc3ccc(Cl)cc3)no2)c1=O. The van der Waals surface area contributed by atoms with E-state index in [1.807, 2.05) is 31.2 Å². The summed E-state index contributed by atoms with van der Waals surface area (Å²) in [5.74, 6) is 1.23. The van der Waals surface area contributed by atoms with Gasteiger partial charge in [0.1, 0.15) is 6.54 Å². The Labute approximate surface area is 167 Å². The quantitative estimate of drug-likeness (QED) is 0.632. The molecule has 0 saturated carbocycles. The van der Waals surface area contributed by atoms with Crippen LogP contribution in [0.5, 0.6) is 0 Å². The van der Waals surface area contributed by atoms with Gasteiger partial charge in [-0.05, 0) is 43.0 Å². The zero-order valence-electron chi connectivity index (χ0n) is 15.6. The molecule has 1 aliphatic heterocycles. The van der Waals surface area contributed by atoms with Crippen molar-refractivity contribution >= 4 is 11.6 Å². The number of hydrogen-bond donors (Lipinski definition) is 0. The fourth-order valence-electron chi connectivity index (χ4n) is 3.39. The lowest BCUT2D eigenvalue weighted by molar-refractivity contribution is 0.193. The predicted octanol–water partition coefficient (Wildman–Crippen LogP) is 2.93. The summed E-state index contributed by atoms with van der Waals surface area (Å²) in [4.78, 5) is 17.0. The Balaban J connectivity index is 1.42. The van der Waals surface area contributed by atoms with Gasteiger partial charge in [-0.3, -0.25) is 4.79 Å². The second-order valence-corrected chi connectivity index (χ2v) is 7.42. The molecule has 1 saturated heterocycles. The van der Waals surface area contributed by atoms with Crippen molar-refractivity contribution in [2.45, 2.75) is 38.6 Å². The van der Waals surface area contributed by atoms with Gasteiger partial charge in [0.15, 0.2) is 5.82 Å². The first-order chi connectivity index (χ1) is 13.6. The molecule has 1 fully saturated rings. The van der Waals surface area contributed by atoms with Gasteiger partial charge in [0, 0.05) is 29.5 Å². The Morgan fingerprint density at radius 2 is 2.07 bits per heavy atom. The lowest BCUT2D eigenvalue weighted by Crippen LogP contribution is -2.27. The Morgan fingerprint density at radius 1 is 1.25 bits per heavy atom. The molecule has 4 rings (SSSR count). The van der Waals surface area contributed by atoms with E-state index in [0.717, 1.165) is 30.6 Å². The molecule has 8 heteroatoms. The van der Waals surface area contributed by atoms with Gasteiger partial charge >= 0.3 is 0 Å². The first kappa shape index (κ1) is 18.8. The van der Waals surface area contributed by atoms with Crippen LogP contribution in [0.2, 0.25) is 5.02 Å². The Hall–Kier alpha value is -2.51. The van der Waals surface area contributed by atoms with Gasteiger partial charge in [0.05, 0.1) is 12.8 Å². The molecule has 0 bridgehead atoms. The summed E-state index contributed by atoms with van der Waals surface area (Å²) in [5.41, 5.74) is 2.68. The van der Waals surface area contributed by atoms with Crippen LogP contribution in [0.3, 0.4) is 0 Å². The van der Waals surface area contributed by atoms with E-state index in [9.17, 15) is 4.79 Å².